The van der Waals surface area contributed by atoms with Gasteiger partial charge in [-0.05, 0) is 54.4 Å². The first-order chi connectivity index (χ1) is 11.6. The first kappa shape index (κ1) is 18.3. The Morgan fingerprint density at radius 2 is 1.96 bits per heavy atom. The van der Waals surface area contributed by atoms with Crippen LogP contribution in [0, 0.1) is 0 Å². The molecule has 6 heteroatoms. The fourth-order valence-electron chi connectivity index (χ4n) is 1.88. The zero-order chi connectivity index (χ0) is 17.4. The van der Waals surface area contributed by atoms with Gasteiger partial charge >= 0.3 is 0 Å². The number of carbonyl (C=O) groups is 1. The normalized spacial score (nSPS) is 10.8. The van der Waals surface area contributed by atoms with Gasteiger partial charge in [-0.1, -0.05) is 36.5 Å². The molecule has 2 aromatic rings. The van der Waals surface area contributed by atoms with Crippen molar-refractivity contribution in [3.63, 3.8) is 0 Å². The van der Waals surface area contributed by atoms with E-state index < -0.39 is 5.91 Å². The van der Waals surface area contributed by atoms with E-state index in [0.717, 1.165) is 24.2 Å². The van der Waals surface area contributed by atoms with Crippen LogP contribution in [-0.4, -0.2) is 18.7 Å². The van der Waals surface area contributed by atoms with Crippen molar-refractivity contribution < 1.29 is 9.53 Å². The topological polar surface area (TPSA) is 50.7 Å². The van der Waals surface area contributed by atoms with E-state index in [2.05, 4.69) is 17.5 Å². The van der Waals surface area contributed by atoms with E-state index in [1.807, 2.05) is 24.3 Å². The van der Waals surface area contributed by atoms with Gasteiger partial charge in [-0.3, -0.25) is 4.79 Å². The Labute approximate surface area is 151 Å². The summed E-state index contributed by atoms with van der Waals surface area (Å²) in [6, 6.07) is 12.1. The monoisotopic (exact) mass is 364 g/mol. The third-order valence-corrected chi connectivity index (χ3v) is 3.75. The number of hydrogen-bond donors (Lipinski definition) is 1. The van der Waals surface area contributed by atoms with E-state index in [-0.39, 0.29) is 5.02 Å². The minimum atomic E-state index is -0.396. The molecule has 2 rings (SSSR count). The summed E-state index contributed by atoms with van der Waals surface area (Å²) >= 11 is 11.8. The molecule has 24 heavy (non-hydrogen) atoms. The Bertz CT molecular complexity index is 715. The molecular formula is C18H18Cl2N2O2. The van der Waals surface area contributed by atoms with Gasteiger partial charge in [-0.15, -0.1) is 0 Å². The molecule has 4 nitrogen and oxygen atoms in total. The Kier molecular flexibility index (Phi) is 7.09. The second kappa shape index (κ2) is 9.30. The Balaban J connectivity index is 1.90. The first-order valence-corrected chi connectivity index (χ1v) is 8.37. The summed E-state index contributed by atoms with van der Waals surface area (Å²) in [4.78, 5) is 12.0. The lowest BCUT2D eigenvalue weighted by molar-refractivity contribution is 0.0955. The number of carbonyl (C=O) groups excluding carboxylic acids is 1. The molecule has 1 amide bonds. The van der Waals surface area contributed by atoms with Crippen LogP contribution in [-0.2, 0) is 0 Å². The molecule has 0 radical (unpaired) electrons. The summed E-state index contributed by atoms with van der Waals surface area (Å²) in [6.07, 6.45) is 3.68. The van der Waals surface area contributed by atoms with Crippen LogP contribution >= 0.6 is 23.2 Å². The van der Waals surface area contributed by atoms with Crippen molar-refractivity contribution in [2.45, 2.75) is 19.8 Å². The minimum Gasteiger partial charge on any atom is -0.494 e. The van der Waals surface area contributed by atoms with Crippen molar-refractivity contribution in [1.82, 2.24) is 5.43 Å². The smallest absolute Gasteiger partial charge is 0.272 e. The summed E-state index contributed by atoms with van der Waals surface area (Å²) in [7, 11) is 0. The van der Waals surface area contributed by atoms with Gasteiger partial charge in [-0.2, -0.15) is 5.10 Å². The highest BCUT2D eigenvalue weighted by Crippen LogP contribution is 2.20. The number of hydrogen-bond acceptors (Lipinski definition) is 3. The van der Waals surface area contributed by atoms with Crippen LogP contribution in [0.15, 0.2) is 47.6 Å². The number of ether oxygens (including phenoxy) is 1. The van der Waals surface area contributed by atoms with E-state index in [9.17, 15) is 4.79 Å². The summed E-state index contributed by atoms with van der Waals surface area (Å²) in [6.45, 7) is 2.83. The fraction of sp³-hybridized carbons (Fsp3) is 0.222. The number of nitrogens with one attached hydrogen (secondary N) is 1. The lowest BCUT2D eigenvalue weighted by Gasteiger charge is -2.05. The maximum atomic E-state index is 12.0. The van der Waals surface area contributed by atoms with Crippen LogP contribution < -0.4 is 10.2 Å². The number of amides is 1. The predicted molar refractivity (Wildman–Crippen MR) is 98.4 cm³/mol. The van der Waals surface area contributed by atoms with Crippen molar-refractivity contribution in [2.75, 3.05) is 6.61 Å². The van der Waals surface area contributed by atoms with Crippen LogP contribution in [0.4, 0.5) is 0 Å². The average Bonchev–Trinajstić information content (AvgIpc) is 2.56. The highest BCUT2D eigenvalue weighted by atomic mass is 35.5. The van der Waals surface area contributed by atoms with E-state index in [4.69, 9.17) is 27.9 Å². The largest absolute Gasteiger partial charge is 0.494 e. The van der Waals surface area contributed by atoms with E-state index in [1.165, 1.54) is 6.07 Å². The maximum absolute atomic E-state index is 12.0. The van der Waals surface area contributed by atoms with Crippen LogP contribution in [0.3, 0.4) is 0 Å². The minimum absolute atomic E-state index is 0.281. The van der Waals surface area contributed by atoms with Crippen molar-refractivity contribution in [1.29, 1.82) is 0 Å². The molecule has 0 fully saturated rings. The Morgan fingerprint density at radius 3 is 2.62 bits per heavy atom. The number of benzene rings is 2. The molecule has 0 aliphatic heterocycles. The van der Waals surface area contributed by atoms with Gasteiger partial charge in [0.15, 0.2) is 0 Å². The number of unbranched alkanes of at least 4 members (excludes halogenated alkanes) is 1. The maximum Gasteiger partial charge on any atom is 0.272 e. The van der Waals surface area contributed by atoms with Gasteiger partial charge in [-0.25, -0.2) is 5.43 Å². The summed E-state index contributed by atoms with van der Waals surface area (Å²) in [5.41, 5.74) is 3.60. The summed E-state index contributed by atoms with van der Waals surface area (Å²) in [5.74, 6) is 0.421. The van der Waals surface area contributed by atoms with E-state index in [1.54, 1.807) is 18.3 Å². The lowest BCUT2D eigenvalue weighted by atomic mass is 10.2. The van der Waals surface area contributed by atoms with Crippen LogP contribution in [0.5, 0.6) is 5.75 Å². The zero-order valence-corrected chi connectivity index (χ0v) is 14.8. The standard InChI is InChI=1S/C18H18Cl2N2O2/c1-2-3-10-24-15-7-4-13(5-8-15)12-21-22-18(23)16-9-6-14(19)11-17(16)20/h4-9,11-12H,2-3,10H2,1H3,(H,22,23)/b21-12-. The van der Waals surface area contributed by atoms with E-state index in [0.29, 0.717) is 17.2 Å². The van der Waals surface area contributed by atoms with Gasteiger partial charge in [0.2, 0.25) is 0 Å². The molecule has 0 saturated heterocycles. The molecule has 0 spiro atoms. The number of hydrazone groups is 1. The van der Waals surface area contributed by atoms with E-state index >= 15 is 0 Å². The van der Waals surface area contributed by atoms with Crippen molar-refractivity contribution in [2.24, 2.45) is 5.10 Å². The molecular weight excluding hydrogens is 347 g/mol. The SMILES string of the molecule is CCCCOc1ccc(/C=N\NC(=O)c2ccc(Cl)cc2Cl)cc1. The van der Waals surface area contributed by atoms with Crippen molar-refractivity contribution in [3.8, 4) is 5.75 Å². The second-order valence-corrected chi connectivity index (χ2v) is 5.94. The molecule has 0 heterocycles. The second-order valence-electron chi connectivity index (χ2n) is 5.09. The molecule has 1 N–H and O–H groups in total. The van der Waals surface area contributed by atoms with Gasteiger partial charge < -0.3 is 4.74 Å². The van der Waals surface area contributed by atoms with Crippen LogP contribution in [0.1, 0.15) is 35.7 Å². The predicted octanol–water partition coefficient (Wildman–Crippen LogP) is 4.94. The first-order valence-electron chi connectivity index (χ1n) is 7.61. The lowest BCUT2D eigenvalue weighted by Crippen LogP contribution is -2.18. The highest BCUT2D eigenvalue weighted by molar-refractivity contribution is 6.36. The molecule has 2 aromatic carbocycles. The number of nitrogens with zero attached hydrogens (tertiary/aromatic N) is 1. The molecule has 0 aliphatic carbocycles. The van der Waals surface area contributed by atoms with Gasteiger partial charge in [0.1, 0.15) is 5.75 Å². The van der Waals surface area contributed by atoms with Crippen LogP contribution in [0.2, 0.25) is 10.0 Å². The zero-order valence-electron chi connectivity index (χ0n) is 13.3. The van der Waals surface area contributed by atoms with Crippen molar-refractivity contribution >= 4 is 35.3 Å². The highest BCUT2D eigenvalue weighted by Gasteiger charge is 2.09. The Hall–Kier alpha value is -2.04. The number of rotatable bonds is 7. The molecule has 0 saturated carbocycles. The summed E-state index contributed by atoms with van der Waals surface area (Å²) in [5, 5.41) is 4.68. The third-order valence-electron chi connectivity index (χ3n) is 3.20. The quantitative estimate of drug-likeness (QED) is 0.429. The average molecular weight is 365 g/mol. The molecule has 0 bridgehead atoms. The molecule has 0 atom stereocenters. The number of halogens is 2. The third kappa shape index (κ3) is 5.55. The van der Waals surface area contributed by atoms with Gasteiger partial charge in [0.25, 0.3) is 5.91 Å². The molecule has 126 valence electrons. The fourth-order valence-corrected chi connectivity index (χ4v) is 2.38. The molecule has 0 unspecified atom stereocenters. The van der Waals surface area contributed by atoms with Crippen LogP contribution in [0.25, 0.3) is 0 Å². The van der Waals surface area contributed by atoms with Gasteiger partial charge in [0.05, 0.1) is 23.4 Å². The molecule has 0 aromatic heterocycles. The Morgan fingerprint density at radius 1 is 1.21 bits per heavy atom. The van der Waals surface area contributed by atoms with Gasteiger partial charge in [0, 0.05) is 5.02 Å². The molecule has 0 aliphatic rings. The van der Waals surface area contributed by atoms with Crippen molar-refractivity contribution in [3.05, 3.63) is 63.6 Å². The summed E-state index contributed by atoms with van der Waals surface area (Å²) < 4.78 is 5.59.